The van der Waals surface area contributed by atoms with Gasteiger partial charge < -0.3 is 14.5 Å². The highest BCUT2D eigenvalue weighted by Gasteiger charge is 2.22. The second kappa shape index (κ2) is 6.60. The van der Waals surface area contributed by atoms with Crippen LogP contribution in [0.4, 0.5) is 0 Å². The van der Waals surface area contributed by atoms with E-state index in [2.05, 4.69) is 22.3 Å². The molecule has 1 aliphatic rings. The standard InChI is InChI=1S/C17H24N2O2/c1-18-10-15-14-7-3-4-8-16(14)21-17(15)12-19-9-5-6-13(11-19)20-2/h3-4,7-8,13,18H,5-6,9-12H2,1-2H3. The number of likely N-dealkylation sites (tertiary alicyclic amines) is 1. The zero-order valence-electron chi connectivity index (χ0n) is 12.9. The van der Waals surface area contributed by atoms with Crippen LogP contribution in [0, 0.1) is 0 Å². The first-order valence-electron chi connectivity index (χ1n) is 7.71. The van der Waals surface area contributed by atoms with Crippen molar-refractivity contribution in [3.8, 4) is 0 Å². The number of hydrogen-bond donors (Lipinski definition) is 1. The first-order chi connectivity index (χ1) is 10.3. The third kappa shape index (κ3) is 3.12. The van der Waals surface area contributed by atoms with E-state index in [0.717, 1.165) is 43.9 Å². The van der Waals surface area contributed by atoms with E-state index in [-0.39, 0.29) is 0 Å². The Bertz CT molecular complexity index is 593. The van der Waals surface area contributed by atoms with Gasteiger partial charge in [0.25, 0.3) is 0 Å². The highest BCUT2D eigenvalue weighted by Crippen LogP contribution is 2.27. The third-order valence-electron chi connectivity index (χ3n) is 4.30. The summed E-state index contributed by atoms with van der Waals surface area (Å²) in [6, 6.07) is 8.29. The molecule has 1 aromatic heterocycles. The van der Waals surface area contributed by atoms with Crippen LogP contribution in [-0.2, 0) is 17.8 Å². The molecular formula is C17H24N2O2. The molecule has 4 nitrogen and oxygen atoms in total. The molecule has 1 fully saturated rings. The molecule has 0 aliphatic carbocycles. The van der Waals surface area contributed by atoms with Crippen LogP contribution in [0.2, 0.25) is 0 Å². The normalized spacial score (nSPS) is 20.2. The molecule has 1 aromatic carbocycles. The van der Waals surface area contributed by atoms with E-state index >= 15 is 0 Å². The average molecular weight is 288 g/mol. The Balaban J connectivity index is 1.84. The van der Waals surface area contributed by atoms with Gasteiger partial charge in [-0.05, 0) is 32.5 Å². The van der Waals surface area contributed by atoms with Crippen molar-refractivity contribution >= 4 is 11.0 Å². The number of hydrogen-bond acceptors (Lipinski definition) is 4. The molecule has 1 unspecified atom stereocenters. The fourth-order valence-electron chi connectivity index (χ4n) is 3.20. The highest BCUT2D eigenvalue weighted by molar-refractivity contribution is 5.82. The van der Waals surface area contributed by atoms with Crippen LogP contribution >= 0.6 is 0 Å². The maximum Gasteiger partial charge on any atom is 0.134 e. The quantitative estimate of drug-likeness (QED) is 0.918. The molecule has 0 radical (unpaired) electrons. The number of ether oxygens (including phenoxy) is 1. The summed E-state index contributed by atoms with van der Waals surface area (Å²) in [4.78, 5) is 2.44. The SMILES string of the molecule is CNCc1c(CN2CCCC(OC)C2)oc2ccccc12. The van der Waals surface area contributed by atoms with Gasteiger partial charge in [0.15, 0.2) is 0 Å². The number of nitrogens with one attached hydrogen (secondary N) is 1. The number of para-hydroxylation sites is 1. The van der Waals surface area contributed by atoms with Gasteiger partial charge in [-0.25, -0.2) is 0 Å². The Hall–Kier alpha value is -1.36. The van der Waals surface area contributed by atoms with Crippen molar-refractivity contribution in [1.29, 1.82) is 0 Å². The van der Waals surface area contributed by atoms with Gasteiger partial charge in [-0.3, -0.25) is 4.90 Å². The van der Waals surface area contributed by atoms with Crippen LogP contribution in [0.5, 0.6) is 0 Å². The number of rotatable bonds is 5. The molecular weight excluding hydrogens is 264 g/mol. The van der Waals surface area contributed by atoms with Gasteiger partial charge in [-0.2, -0.15) is 0 Å². The molecule has 0 saturated carbocycles. The van der Waals surface area contributed by atoms with Crippen molar-refractivity contribution < 1.29 is 9.15 Å². The van der Waals surface area contributed by atoms with E-state index < -0.39 is 0 Å². The molecule has 1 atom stereocenters. The van der Waals surface area contributed by atoms with Crippen molar-refractivity contribution in [2.45, 2.75) is 32.0 Å². The van der Waals surface area contributed by atoms with Gasteiger partial charge in [0.05, 0.1) is 12.6 Å². The lowest BCUT2D eigenvalue weighted by Gasteiger charge is -2.31. The predicted molar refractivity (Wildman–Crippen MR) is 84.3 cm³/mol. The second-order valence-corrected chi connectivity index (χ2v) is 5.77. The molecule has 1 saturated heterocycles. The minimum absolute atomic E-state index is 0.357. The Morgan fingerprint density at radius 2 is 2.24 bits per heavy atom. The number of fused-ring (bicyclic) bond motifs is 1. The van der Waals surface area contributed by atoms with E-state index in [9.17, 15) is 0 Å². The Kier molecular flexibility index (Phi) is 4.58. The lowest BCUT2D eigenvalue weighted by molar-refractivity contribution is 0.0264. The van der Waals surface area contributed by atoms with Gasteiger partial charge in [-0.1, -0.05) is 18.2 Å². The molecule has 114 valence electrons. The molecule has 0 amide bonds. The Labute approximate surface area is 126 Å². The van der Waals surface area contributed by atoms with Crippen molar-refractivity contribution in [3.63, 3.8) is 0 Å². The molecule has 4 heteroatoms. The van der Waals surface area contributed by atoms with Crippen molar-refractivity contribution in [2.24, 2.45) is 0 Å². The van der Waals surface area contributed by atoms with Crippen molar-refractivity contribution in [2.75, 3.05) is 27.2 Å². The van der Waals surface area contributed by atoms with Gasteiger partial charge in [-0.15, -0.1) is 0 Å². The van der Waals surface area contributed by atoms with Crippen LogP contribution < -0.4 is 5.32 Å². The summed E-state index contributed by atoms with van der Waals surface area (Å²) in [5.74, 6) is 1.09. The van der Waals surface area contributed by atoms with Gasteiger partial charge in [0.1, 0.15) is 11.3 Å². The second-order valence-electron chi connectivity index (χ2n) is 5.77. The summed E-state index contributed by atoms with van der Waals surface area (Å²) in [5, 5.41) is 4.48. The first-order valence-corrected chi connectivity index (χ1v) is 7.71. The summed E-state index contributed by atoms with van der Waals surface area (Å²) in [6.07, 6.45) is 2.72. The summed E-state index contributed by atoms with van der Waals surface area (Å²) < 4.78 is 11.6. The lowest BCUT2D eigenvalue weighted by atomic mass is 10.1. The molecule has 0 spiro atoms. The zero-order valence-corrected chi connectivity index (χ0v) is 12.9. The molecule has 21 heavy (non-hydrogen) atoms. The predicted octanol–water partition coefficient (Wildman–Crippen LogP) is 2.76. The average Bonchev–Trinajstić information content (AvgIpc) is 2.86. The molecule has 0 bridgehead atoms. The molecule has 2 aromatic rings. The van der Waals surface area contributed by atoms with E-state index in [1.807, 2.05) is 26.3 Å². The number of benzene rings is 1. The summed E-state index contributed by atoms with van der Waals surface area (Å²) >= 11 is 0. The fourth-order valence-corrected chi connectivity index (χ4v) is 3.20. The Morgan fingerprint density at radius 3 is 3.05 bits per heavy atom. The molecule has 1 N–H and O–H groups in total. The van der Waals surface area contributed by atoms with E-state index in [1.165, 1.54) is 17.4 Å². The number of nitrogens with zero attached hydrogens (tertiary/aromatic N) is 1. The number of furan rings is 1. The maximum absolute atomic E-state index is 6.10. The van der Waals surface area contributed by atoms with Gasteiger partial charge in [0, 0.05) is 31.1 Å². The maximum atomic E-state index is 6.10. The van der Waals surface area contributed by atoms with Crippen LogP contribution in [0.1, 0.15) is 24.2 Å². The van der Waals surface area contributed by atoms with E-state index in [1.54, 1.807) is 0 Å². The largest absolute Gasteiger partial charge is 0.459 e. The monoisotopic (exact) mass is 288 g/mol. The summed E-state index contributed by atoms with van der Waals surface area (Å²) in [6.45, 7) is 3.82. The topological polar surface area (TPSA) is 37.6 Å². The van der Waals surface area contributed by atoms with Crippen LogP contribution in [0.25, 0.3) is 11.0 Å². The van der Waals surface area contributed by atoms with Gasteiger partial charge in [0.2, 0.25) is 0 Å². The van der Waals surface area contributed by atoms with Crippen LogP contribution in [0.15, 0.2) is 28.7 Å². The van der Waals surface area contributed by atoms with Crippen LogP contribution in [0.3, 0.4) is 0 Å². The molecule has 1 aliphatic heterocycles. The highest BCUT2D eigenvalue weighted by atomic mass is 16.5. The Morgan fingerprint density at radius 1 is 1.38 bits per heavy atom. The number of piperidine rings is 1. The smallest absolute Gasteiger partial charge is 0.134 e. The van der Waals surface area contributed by atoms with Crippen molar-refractivity contribution in [3.05, 3.63) is 35.6 Å². The third-order valence-corrected chi connectivity index (χ3v) is 4.30. The van der Waals surface area contributed by atoms with E-state index in [0.29, 0.717) is 6.10 Å². The van der Waals surface area contributed by atoms with Crippen molar-refractivity contribution in [1.82, 2.24) is 10.2 Å². The first kappa shape index (κ1) is 14.6. The minimum atomic E-state index is 0.357. The molecule has 3 rings (SSSR count). The zero-order chi connectivity index (χ0) is 14.7. The number of methoxy groups -OCH3 is 1. The summed E-state index contributed by atoms with van der Waals surface area (Å²) in [5.41, 5.74) is 2.27. The fraction of sp³-hybridized carbons (Fsp3) is 0.529. The molecule has 2 heterocycles. The van der Waals surface area contributed by atoms with Crippen LogP contribution in [-0.4, -0.2) is 38.3 Å². The van der Waals surface area contributed by atoms with Gasteiger partial charge >= 0.3 is 0 Å². The lowest BCUT2D eigenvalue weighted by Crippen LogP contribution is -2.38. The minimum Gasteiger partial charge on any atom is -0.459 e. The van der Waals surface area contributed by atoms with E-state index in [4.69, 9.17) is 9.15 Å². The summed E-state index contributed by atoms with van der Waals surface area (Å²) in [7, 11) is 3.79.